The molecule has 0 bridgehead atoms. The number of benzene rings is 1. The molecule has 4 aromatic rings. The van der Waals surface area contributed by atoms with Crippen LogP contribution in [0.5, 0.6) is 11.8 Å². The van der Waals surface area contributed by atoms with Crippen molar-refractivity contribution in [3.63, 3.8) is 0 Å². The van der Waals surface area contributed by atoms with Gasteiger partial charge in [-0.2, -0.15) is 15.1 Å². The Balaban J connectivity index is 1.49. The SMILES string of the molecule is C/C=C/c1cc(Nc2cc(N3CCC(O)C3)nc(Oc3ccc4[nH]c(C)cc4c3F)n2)n[nH]1. The van der Waals surface area contributed by atoms with Crippen molar-refractivity contribution in [2.45, 2.75) is 26.4 Å². The van der Waals surface area contributed by atoms with E-state index in [-0.39, 0.29) is 11.8 Å². The minimum Gasteiger partial charge on any atom is -0.421 e. The molecule has 10 heteroatoms. The molecule has 3 aromatic heterocycles. The van der Waals surface area contributed by atoms with E-state index in [1.807, 2.05) is 37.0 Å². The lowest BCUT2D eigenvalue weighted by Crippen LogP contribution is -2.22. The Morgan fingerprint density at radius 3 is 2.91 bits per heavy atom. The van der Waals surface area contributed by atoms with Crippen LogP contribution in [-0.4, -0.2) is 49.4 Å². The molecule has 1 aliphatic rings. The van der Waals surface area contributed by atoms with Gasteiger partial charge < -0.3 is 25.0 Å². The van der Waals surface area contributed by atoms with E-state index in [0.717, 1.165) is 11.4 Å². The van der Waals surface area contributed by atoms with Gasteiger partial charge >= 0.3 is 6.01 Å². The van der Waals surface area contributed by atoms with Crippen LogP contribution in [0.1, 0.15) is 24.7 Å². The Labute approximate surface area is 189 Å². The molecule has 1 aliphatic heterocycles. The number of ether oxygens (including phenoxy) is 1. The molecule has 9 nitrogen and oxygen atoms in total. The molecule has 0 aliphatic carbocycles. The predicted octanol–water partition coefficient (Wildman–Crippen LogP) is 4.27. The number of halogens is 1. The Bertz CT molecular complexity index is 1330. The molecule has 4 N–H and O–H groups in total. The average molecular weight is 449 g/mol. The van der Waals surface area contributed by atoms with E-state index >= 15 is 4.39 Å². The number of fused-ring (bicyclic) bond motifs is 1. The maximum Gasteiger partial charge on any atom is 0.326 e. The number of nitrogens with one attached hydrogen (secondary N) is 3. The van der Waals surface area contributed by atoms with Crippen molar-refractivity contribution in [3.05, 3.63) is 53.6 Å². The van der Waals surface area contributed by atoms with E-state index in [0.29, 0.717) is 47.9 Å². The van der Waals surface area contributed by atoms with E-state index in [1.54, 1.807) is 24.3 Å². The first-order valence-electron chi connectivity index (χ1n) is 10.7. The van der Waals surface area contributed by atoms with Crippen molar-refractivity contribution < 1.29 is 14.2 Å². The largest absolute Gasteiger partial charge is 0.421 e. The highest BCUT2D eigenvalue weighted by Gasteiger charge is 2.23. The van der Waals surface area contributed by atoms with Crippen LogP contribution < -0.4 is 15.0 Å². The van der Waals surface area contributed by atoms with E-state index in [9.17, 15) is 5.11 Å². The molecule has 1 atom stereocenters. The van der Waals surface area contributed by atoms with Gasteiger partial charge in [-0.1, -0.05) is 6.08 Å². The van der Waals surface area contributed by atoms with Crippen LogP contribution in [0.4, 0.5) is 21.8 Å². The maximum absolute atomic E-state index is 15.1. The van der Waals surface area contributed by atoms with E-state index in [1.165, 1.54) is 0 Å². The number of aromatic nitrogens is 5. The second kappa shape index (κ2) is 8.55. The lowest BCUT2D eigenvalue weighted by molar-refractivity contribution is 0.198. The van der Waals surface area contributed by atoms with Crippen LogP contribution in [0.25, 0.3) is 17.0 Å². The number of aliphatic hydroxyl groups excluding tert-OH is 1. The molecule has 0 amide bonds. The van der Waals surface area contributed by atoms with Crippen molar-refractivity contribution in [1.82, 2.24) is 25.1 Å². The predicted molar refractivity (Wildman–Crippen MR) is 125 cm³/mol. The molecule has 1 fully saturated rings. The summed E-state index contributed by atoms with van der Waals surface area (Å²) in [5, 5.41) is 20.7. The molecule has 33 heavy (non-hydrogen) atoms. The molecular formula is C23H24FN7O2. The molecular weight excluding hydrogens is 425 g/mol. The molecule has 4 heterocycles. The molecule has 0 saturated carbocycles. The summed E-state index contributed by atoms with van der Waals surface area (Å²) in [5.41, 5.74) is 2.39. The van der Waals surface area contributed by atoms with Crippen molar-refractivity contribution in [2.75, 3.05) is 23.3 Å². The number of nitrogens with zero attached hydrogens (tertiary/aromatic N) is 4. The highest BCUT2D eigenvalue weighted by atomic mass is 19.1. The van der Waals surface area contributed by atoms with Crippen molar-refractivity contribution >= 4 is 34.4 Å². The Hall–Kier alpha value is -3.92. The Kier molecular flexibility index (Phi) is 5.43. The zero-order valence-corrected chi connectivity index (χ0v) is 18.3. The zero-order chi connectivity index (χ0) is 22.9. The standard InChI is InChI=1S/C23H24FN7O2/c1-3-4-14-10-20(30-29-14)26-19-11-21(31-8-7-15(32)12-31)28-23(27-19)33-18-6-5-17-16(22(18)24)9-13(2)25-17/h3-6,9-11,15,25,32H,7-8,12H2,1-2H3,(H2,26,27,28,29,30)/b4-3+. The van der Waals surface area contributed by atoms with Crippen molar-refractivity contribution in [3.8, 4) is 11.8 Å². The van der Waals surface area contributed by atoms with Crippen LogP contribution in [0.15, 0.2) is 36.4 Å². The Morgan fingerprint density at radius 2 is 2.12 bits per heavy atom. The fourth-order valence-corrected chi connectivity index (χ4v) is 3.90. The summed E-state index contributed by atoms with van der Waals surface area (Å²) in [6.07, 6.45) is 4.02. The molecule has 1 saturated heterocycles. The quantitative estimate of drug-likeness (QED) is 0.347. The van der Waals surface area contributed by atoms with Crippen molar-refractivity contribution in [1.29, 1.82) is 0 Å². The van der Waals surface area contributed by atoms with E-state index in [2.05, 4.69) is 30.5 Å². The fraction of sp³-hybridized carbons (Fsp3) is 0.261. The first kappa shape index (κ1) is 21.0. The van der Waals surface area contributed by atoms with Gasteiger partial charge in [-0.3, -0.25) is 5.10 Å². The first-order chi connectivity index (χ1) is 16.0. The lowest BCUT2D eigenvalue weighted by Gasteiger charge is -2.18. The smallest absolute Gasteiger partial charge is 0.326 e. The van der Waals surface area contributed by atoms with Gasteiger partial charge in [0.15, 0.2) is 17.4 Å². The van der Waals surface area contributed by atoms with Crippen LogP contribution >= 0.6 is 0 Å². The number of anilines is 3. The number of aromatic amines is 2. The zero-order valence-electron chi connectivity index (χ0n) is 18.3. The minimum absolute atomic E-state index is 0.00823. The maximum atomic E-state index is 15.1. The van der Waals surface area contributed by atoms with Crippen LogP contribution in [0, 0.1) is 12.7 Å². The van der Waals surface area contributed by atoms with Gasteiger partial charge in [0.1, 0.15) is 11.6 Å². The third kappa shape index (κ3) is 4.37. The second-order valence-corrected chi connectivity index (χ2v) is 8.01. The molecule has 1 unspecified atom stereocenters. The van der Waals surface area contributed by atoms with Gasteiger partial charge in [0, 0.05) is 41.8 Å². The first-order valence-corrected chi connectivity index (χ1v) is 10.7. The molecule has 0 radical (unpaired) electrons. The molecule has 5 rings (SSSR count). The number of rotatable bonds is 6. The number of hydrogen-bond donors (Lipinski definition) is 4. The van der Waals surface area contributed by atoms with Gasteiger partial charge in [0.25, 0.3) is 0 Å². The summed E-state index contributed by atoms with van der Waals surface area (Å²) in [6.45, 7) is 4.89. The monoisotopic (exact) mass is 449 g/mol. The van der Waals surface area contributed by atoms with Gasteiger partial charge in [-0.25, -0.2) is 4.39 Å². The van der Waals surface area contributed by atoms with Gasteiger partial charge in [0.05, 0.1) is 11.8 Å². The number of aryl methyl sites for hydroxylation is 1. The molecule has 0 spiro atoms. The number of H-pyrrole nitrogens is 2. The lowest BCUT2D eigenvalue weighted by atomic mass is 10.2. The highest BCUT2D eigenvalue weighted by Crippen LogP contribution is 2.31. The number of hydrogen-bond acceptors (Lipinski definition) is 7. The van der Waals surface area contributed by atoms with Crippen molar-refractivity contribution in [2.24, 2.45) is 0 Å². The summed E-state index contributed by atoms with van der Waals surface area (Å²) in [5.74, 6) is 1.12. The average Bonchev–Trinajstić information content (AvgIpc) is 3.50. The van der Waals surface area contributed by atoms with Crippen LogP contribution in [0.2, 0.25) is 0 Å². The second-order valence-electron chi connectivity index (χ2n) is 8.01. The summed E-state index contributed by atoms with van der Waals surface area (Å²) in [6, 6.07) is 8.62. The molecule has 1 aromatic carbocycles. The van der Waals surface area contributed by atoms with Gasteiger partial charge in [0.2, 0.25) is 0 Å². The van der Waals surface area contributed by atoms with Gasteiger partial charge in [-0.05, 0) is 44.5 Å². The normalized spacial score (nSPS) is 16.2. The topological polar surface area (TPSA) is 115 Å². The number of aliphatic hydroxyl groups is 1. The molecule has 170 valence electrons. The highest BCUT2D eigenvalue weighted by molar-refractivity contribution is 5.82. The summed E-state index contributed by atoms with van der Waals surface area (Å²) in [7, 11) is 0. The number of β-amino-alcohol motifs (C(OH)–C–C–N with tert-alkyl or cyclic N) is 1. The van der Waals surface area contributed by atoms with E-state index < -0.39 is 11.9 Å². The van der Waals surface area contributed by atoms with E-state index in [4.69, 9.17) is 4.74 Å². The van der Waals surface area contributed by atoms with Gasteiger partial charge in [-0.15, -0.1) is 0 Å². The van der Waals surface area contributed by atoms with Crippen LogP contribution in [-0.2, 0) is 0 Å². The Morgan fingerprint density at radius 1 is 1.24 bits per heavy atom. The fourth-order valence-electron chi connectivity index (χ4n) is 3.90. The number of allylic oxidation sites excluding steroid dienone is 1. The summed E-state index contributed by atoms with van der Waals surface area (Å²) >= 11 is 0. The summed E-state index contributed by atoms with van der Waals surface area (Å²) in [4.78, 5) is 13.9. The van der Waals surface area contributed by atoms with Crippen LogP contribution in [0.3, 0.4) is 0 Å². The third-order valence-corrected chi connectivity index (χ3v) is 5.42. The summed E-state index contributed by atoms with van der Waals surface area (Å²) < 4.78 is 20.9. The minimum atomic E-state index is -0.486. The third-order valence-electron chi connectivity index (χ3n) is 5.42.